The van der Waals surface area contributed by atoms with E-state index in [0.29, 0.717) is 10.7 Å². The molecule has 2 unspecified atom stereocenters. The fraction of sp³-hybridized carbons (Fsp3) is 0.333. The second kappa shape index (κ2) is 3.56. The Kier molecular flexibility index (Phi) is 2.17. The maximum Gasteiger partial charge on any atom is 0.199 e. The smallest absolute Gasteiger partial charge is 0.199 e. The van der Waals surface area contributed by atoms with Crippen LogP contribution in [0.2, 0.25) is 0 Å². The molecule has 0 saturated heterocycles. The molecule has 0 amide bonds. The Morgan fingerprint density at radius 3 is 2.69 bits per heavy atom. The molecule has 3 nitrogen and oxygen atoms in total. The Balaban J connectivity index is 2.13. The Morgan fingerprint density at radius 2 is 2.06 bits per heavy atom. The Hall–Kier alpha value is -1.42. The predicted octanol–water partition coefficient (Wildman–Crippen LogP) is 3.05. The van der Waals surface area contributed by atoms with Crippen molar-refractivity contribution in [3.63, 3.8) is 0 Å². The zero-order chi connectivity index (χ0) is 11.1. The van der Waals surface area contributed by atoms with Crippen molar-refractivity contribution in [1.29, 1.82) is 0 Å². The number of aromatic amines is 1. The van der Waals surface area contributed by atoms with E-state index in [4.69, 9.17) is 12.2 Å². The van der Waals surface area contributed by atoms with Crippen LogP contribution in [0.3, 0.4) is 0 Å². The summed E-state index contributed by atoms with van der Waals surface area (Å²) in [5.41, 5.74) is 1.09. The van der Waals surface area contributed by atoms with Gasteiger partial charge in [0.2, 0.25) is 0 Å². The molecular formula is C12H13N3S. The molecule has 1 fully saturated rings. The van der Waals surface area contributed by atoms with Crippen molar-refractivity contribution in [3.8, 4) is 5.69 Å². The Bertz CT molecular complexity index is 555. The van der Waals surface area contributed by atoms with Crippen LogP contribution in [0.15, 0.2) is 30.3 Å². The lowest BCUT2D eigenvalue weighted by Crippen LogP contribution is -2.00. The average Bonchev–Trinajstić information content (AvgIpc) is 2.89. The molecule has 82 valence electrons. The van der Waals surface area contributed by atoms with Gasteiger partial charge in [0, 0.05) is 11.6 Å². The maximum absolute atomic E-state index is 5.29. The molecule has 1 heterocycles. The molecule has 1 aromatic carbocycles. The minimum absolute atomic E-state index is 0.563. The van der Waals surface area contributed by atoms with Gasteiger partial charge >= 0.3 is 0 Å². The number of nitrogens with one attached hydrogen (secondary N) is 1. The van der Waals surface area contributed by atoms with Crippen molar-refractivity contribution in [1.82, 2.24) is 14.8 Å². The van der Waals surface area contributed by atoms with Crippen molar-refractivity contribution in [2.75, 3.05) is 0 Å². The molecule has 1 aliphatic carbocycles. The largest absolute Gasteiger partial charge is 0.272 e. The number of benzene rings is 1. The number of rotatable bonds is 2. The third-order valence-electron chi connectivity index (χ3n) is 3.15. The Labute approximate surface area is 99.1 Å². The lowest BCUT2D eigenvalue weighted by Gasteiger charge is -2.05. The minimum atomic E-state index is 0.563. The summed E-state index contributed by atoms with van der Waals surface area (Å²) in [7, 11) is 0. The summed E-state index contributed by atoms with van der Waals surface area (Å²) in [4.78, 5) is 0. The predicted molar refractivity (Wildman–Crippen MR) is 65.3 cm³/mol. The summed E-state index contributed by atoms with van der Waals surface area (Å²) < 4.78 is 2.73. The van der Waals surface area contributed by atoms with E-state index in [9.17, 15) is 0 Å². The van der Waals surface area contributed by atoms with Crippen LogP contribution < -0.4 is 0 Å². The zero-order valence-corrected chi connectivity index (χ0v) is 9.87. The van der Waals surface area contributed by atoms with Gasteiger partial charge in [-0.1, -0.05) is 25.1 Å². The first-order valence-corrected chi connectivity index (χ1v) is 5.91. The minimum Gasteiger partial charge on any atom is -0.272 e. The van der Waals surface area contributed by atoms with Gasteiger partial charge in [-0.2, -0.15) is 5.10 Å². The number of aromatic nitrogens is 3. The Morgan fingerprint density at radius 1 is 1.38 bits per heavy atom. The van der Waals surface area contributed by atoms with Crippen LogP contribution in [-0.2, 0) is 0 Å². The van der Waals surface area contributed by atoms with E-state index in [0.717, 1.165) is 17.4 Å². The molecular weight excluding hydrogens is 218 g/mol. The molecule has 1 N–H and O–H groups in total. The molecule has 0 spiro atoms. The fourth-order valence-electron chi connectivity index (χ4n) is 2.07. The summed E-state index contributed by atoms with van der Waals surface area (Å²) >= 11 is 5.29. The SMILES string of the molecule is CC1CC1c1n[nH]c(=S)n1-c1ccccc1. The highest BCUT2D eigenvalue weighted by Gasteiger charge is 2.38. The van der Waals surface area contributed by atoms with Crippen LogP contribution in [0.5, 0.6) is 0 Å². The first-order valence-electron chi connectivity index (χ1n) is 5.50. The van der Waals surface area contributed by atoms with Gasteiger partial charge in [0.1, 0.15) is 5.82 Å². The normalized spacial score (nSPS) is 23.3. The van der Waals surface area contributed by atoms with Crippen LogP contribution in [-0.4, -0.2) is 14.8 Å². The fourth-order valence-corrected chi connectivity index (χ4v) is 2.31. The molecule has 1 saturated carbocycles. The molecule has 0 radical (unpaired) electrons. The molecule has 4 heteroatoms. The first-order chi connectivity index (χ1) is 7.77. The number of hydrogen-bond acceptors (Lipinski definition) is 2. The summed E-state index contributed by atoms with van der Waals surface area (Å²) in [5.74, 6) is 2.37. The number of H-pyrrole nitrogens is 1. The van der Waals surface area contributed by atoms with Gasteiger partial charge < -0.3 is 0 Å². The standard InChI is InChI=1S/C12H13N3S/c1-8-7-10(8)11-13-14-12(16)15(11)9-5-3-2-4-6-9/h2-6,8,10H,7H2,1H3,(H,14,16). The summed E-state index contributed by atoms with van der Waals surface area (Å²) in [6.45, 7) is 2.25. The van der Waals surface area contributed by atoms with Gasteiger partial charge in [0.05, 0.1) is 0 Å². The zero-order valence-electron chi connectivity index (χ0n) is 9.05. The van der Waals surface area contributed by atoms with E-state index in [2.05, 4.69) is 29.3 Å². The van der Waals surface area contributed by atoms with E-state index in [-0.39, 0.29) is 0 Å². The van der Waals surface area contributed by atoms with Crippen LogP contribution in [0, 0.1) is 10.7 Å². The molecule has 16 heavy (non-hydrogen) atoms. The highest BCUT2D eigenvalue weighted by molar-refractivity contribution is 7.71. The molecule has 3 rings (SSSR count). The van der Waals surface area contributed by atoms with E-state index < -0.39 is 0 Å². The molecule has 1 aliphatic rings. The highest BCUT2D eigenvalue weighted by Crippen LogP contribution is 2.46. The van der Waals surface area contributed by atoms with E-state index in [1.807, 2.05) is 22.8 Å². The number of hydrogen-bond donors (Lipinski definition) is 1. The highest BCUT2D eigenvalue weighted by atomic mass is 32.1. The van der Waals surface area contributed by atoms with Gasteiger partial charge in [-0.3, -0.25) is 9.67 Å². The lowest BCUT2D eigenvalue weighted by atomic mass is 10.3. The maximum atomic E-state index is 5.29. The van der Waals surface area contributed by atoms with Crippen LogP contribution in [0.4, 0.5) is 0 Å². The van der Waals surface area contributed by atoms with E-state index in [1.54, 1.807) is 0 Å². The summed E-state index contributed by atoms with van der Waals surface area (Å²) in [6, 6.07) is 10.2. The monoisotopic (exact) mass is 231 g/mol. The summed E-state index contributed by atoms with van der Waals surface area (Å²) in [5, 5.41) is 7.24. The third-order valence-corrected chi connectivity index (χ3v) is 3.43. The van der Waals surface area contributed by atoms with Gasteiger partial charge in [0.15, 0.2) is 4.77 Å². The van der Waals surface area contributed by atoms with Crippen molar-refractivity contribution in [2.24, 2.45) is 5.92 Å². The van der Waals surface area contributed by atoms with E-state index in [1.165, 1.54) is 6.42 Å². The topological polar surface area (TPSA) is 33.6 Å². The van der Waals surface area contributed by atoms with Crippen LogP contribution in [0.1, 0.15) is 25.1 Å². The molecule has 0 bridgehead atoms. The van der Waals surface area contributed by atoms with E-state index >= 15 is 0 Å². The van der Waals surface area contributed by atoms with Gasteiger partial charge in [-0.15, -0.1) is 0 Å². The quantitative estimate of drug-likeness (QED) is 0.806. The second-order valence-electron chi connectivity index (χ2n) is 4.38. The number of para-hydroxylation sites is 1. The van der Waals surface area contributed by atoms with Gasteiger partial charge in [-0.25, -0.2) is 0 Å². The van der Waals surface area contributed by atoms with Crippen molar-refractivity contribution in [2.45, 2.75) is 19.3 Å². The summed E-state index contributed by atoms with van der Waals surface area (Å²) in [6.07, 6.45) is 1.21. The van der Waals surface area contributed by atoms with Crippen molar-refractivity contribution in [3.05, 3.63) is 40.9 Å². The molecule has 1 aromatic heterocycles. The second-order valence-corrected chi connectivity index (χ2v) is 4.76. The van der Waals surface area contributed by atoms with Crippen LogP contribution >= 0.6 is 12.2 Å². The molecule has 2 aromatic rings. The van der Waals surface area contributed by atoms with Gasteiger partial charge in [-0.05, 0) is 36.7 Å². The molecule has 0 aliphatic heterocycles. The van der Waals surface area contributed by atoms with Crippen molar-refractivity contribution >= 4 is 12.2 Å². The number of nitrogens with zero attached hydrogens (tertiary/aromatic N) is 2. The van der Waals surface area contributed by atoms with Crippen LogP contribution in [0.25, 0.3) is 5.69 Å². The lowest BCUT2D eigenvalue weighted by molar-refractivity contribution is 0.809. The van der Waals surface area contributed by atoms with Crippen molar-refractivity contribution < 1.29 is 0 Å². The average molecular weight is 231 g/mol. The van der Waals surface area contributed by atoms with Gasteiger partial charge in [0.25, 0.3) is 0 Å². The molecule has 2 atom stereocenters. The first kappa shape index (κ1) is 9.78. The third kappa shape index (κ3) is 1.50.